The number of nitrogens with zero attached hydrogens (tertiary/aromatic N) is 2. The number of aliphatic hydroxyl groups is 1. The van der Waals surface area contributed by atoms with E-state index in [0.29, 0.717) is 17.2 Å². The highest BCUT2D eigenvalue weighted by Crippen LogP contribution is 2.31. The van der Waals surface area contributed by atoms with E-state index in [2.05, 4.69) is 26.1 Å². The fourth-order valence-corrected chi connectivity index (χ4v) is 1.76. The second kappa shape index (κ2) is 5.47. The van der Waals surface area contributed by atoms with Crippen molar-refractivity contribution in [2.24, 2.45) is 5.73 Å². The van der Waals surface area contributed by atoms with E-state index in [1.807, 2.05) is 6.07 Å². The van der Waals surface area contributed by atoms with Gasteiger partial charge in [-0.2, -0.15) is 4.98 Å². The third-order valence-corrected chi connectivity index (χ3v) is 2.86. The summed E-state index contributed by atoms with van der Waals surface area (Å²) in [7, 11) is 1.56. The maximum atomic E-state index is 8.93. The fourth-order valence-electron chi connectivity index (χ4n) is 1.42. The normalized spacial score (nSPS) is 12.4. The maximum Gasteiger partial charge on any atom is 0.261 e. The van der Waals surface area contributed by atoms with Crippen LogP contribution in [-0.4, -0.2) is 29.0 Å². The van der Waals surface area contributed by atoms with E-state index < -0.39 is 6.04 Å². The number of ether oxygens (including phenoxy) is 1. The Labute approximate surface area is 112 Å². The van der Waals surface area contributed by atoms with Crippen molar-refractivity contribution in [2.75, 3.05) is 13.7 Å². The topological polar surface area (TPSA) is 94.4 Å². The molecule has 1 unspecified atom stereocenters. The van der Waals surface area contributed by atoms with E-state index >= 15 is 0 Å². The van der Waals surface area contributed by atoms with Crippen LogP contribution in [0, 0.1) is 0 Å². The fraction of sp³-hybridized carbons (Fsp3) is 0.273. The van der Waals surface area contributed by atoms with E-state index in [9.17, 15) is 0 Å². The van der Waals surface area contributed by atoms with Gasteiger partial charge in [0.25, 0.3) is 5.89 Å². The van der Waals surface area contributed by atoms with Crippen LogP contribution in [0.15, 0.2) is 27.2 Å². The van der Waals surface area contributed by atoms with Crippen molar-refractivity contribution < 1.29 is 14.4 Å². The minimum Gasteiger partial charge on any atom is -0.496 e. The van der Waals surface area contributed by atoms with Gasteiger partial charge in [0.15, 0.2) is 5.82 Å². The van der Waals surface area contributed by atoms with Gasteiger partial charge in [-0.1, -0.05) is 21.1 Å². The van der Waals surface area contributed by atoms with Crippen molar-refractivity contribution >= 4 is 15.9 Å². The molecule has 96 valence electrons. The zero-order chi connectivity index (χ0) is 13.1. The molecule has 0 saturated carbocycles. The molecule has 18 heavy (non-hydrogen) atoms. The van der Waals surface area contributed by atoms with Crippen molar-refractivity contribution in [2.45, 2.75) is 6.04 Å². The van der Waals surface area contributed by atoms with Crippen LogP contribution in [0.5, 0.6) is 5.75 Å². The highest BCUT2D eigenvalue weighted by atomic mass is 79.9. The predicted molar refractivity (Wildman–Crippen MR) is 68.0 cm³/mol. The first-order valence-corrected chi connectivity index (χ1v) is 5.99. The summed E-state index contributed by atoms with van der Waals surface area (Å²) in [4.78, 5) is 4.13. The molecule has 0 aliphatic heterocycles. The predicted octanol–water partition coefficient (Wildman–Crippen LogP) is 1.50. The molecule has 0 aliphatic rings. The Morgan fingerprint density at radius 1 is 1.56 bits per heavy atom. The summed E-state index contributed by atoms with van der Waals surface area (Å²) in [6, 6.07) is 4.78. The molecule has 0 aliphatic carbocycles. The van der Waals surface area contributed by atoms with Gasteiger partial charge in [0, 0.05) is 4.47 Å². The molecule has 2 rings (SSSR count). The lowest BCUT2D eigenvalue weighted by molar-refractivity contribution is 0.260. The van der Waals surface area contributed by atoms with Crippen LogP contribution in [0.3, 0.4) is 0 Å². The molecule has 1 atom stereocenters. The molecule has 0 radical (unpaired) electrons. The largest absolute Gasteiger partial charge is 0.496 e. The maximum absolute atomic E-state index is 8.93. The summed E-state index contributed by atoms with van der Waals surface area (Å²) in [6.45, 7) is -0.240. The van der Waals surface area contributed by atoms with Crippen molar-refractivity contribution in [3.8, 4) is 17.2 Å². The van der Waals surface area contributed by atoms with Gasteiger partial charge in [-0.15, -0.1) is 0 Å². The number of aliphatic hydroxyl groups excluding tert-OH is 1. The Morgan fingerprint density at radius 3 is 3.00 bits per heavy atom. The molecule has 0 spiro atoms. The average Bonchev–Trinajstić information content (AvgIpc) is 2.87. The Kier molecular flexibility index (Phi) is 3.95. The second-order valence-electron chi connectivity index (χ2n) is 3.59. The molecule has 2 aromatic rings. The van der Waals surface area contributed by atoms with Gasteiger partial charge in [0.2, 0.25) is 0 Å². The second-order valence-corrected chi connectivity index (χ2v) is 4.51. The van der Waals surface area contributed by atoms with Crippen LogP contribution in [0.4, 0.5) is 0 Å². The van der Waals surface area contributed by atoms with E-state index in [-0.39, 0.29) is 12.4 Å². The minimum absolute atomic E-state index is 0.240. The van der Waals surface area contributed by atoms with E-state index in [1.165, 1.54) is 0 Å². The molecule has 1 aromatic heterocycles. The lowest BCUT2D eigenvalue weighted by Gasteiger charge is -2.04. The van der Waals surface area contributed by atoms with Gasteiger partial charge >= 0.3 is 0 Å². The molecule has 0 amide bonds. The van der Waals surface area contributed by atoms with Gasteiger partial charge in [-0.05, 0) is 18.2 Å². The summed E-state index contributed by atoms with van der Waals surface area (Å²) < 4.78 is 11.2. The summed E-state index contributed by atoms with van der Waals surface area (Å²) >= 11 is 3.35. The van der Waals surface area contributed by atoms with Crippen LogP contribution < -0.4 is 10.5 Å². The molecule has 1 heterocycles. The Hall–Kier alpha value is -1.44. The number of methoxy groups -OCH3 is 1. The number of benzene rings is 1. The van der Waals surface area contributed by atoms with Gasteiger partial charge in [0.1, 0.15) is 5.75 Å². The summed E-state index contributed by atoms with van der Waals surface area (Å²) in [5, 5.41) is 12.7. The van der Waals surface area contributed by atoms with E-state index in [4.69, 9.17) is 20.1 Å². The molecule has 0 bridgehead atoms. The molecular weight excluding hydrogens is 302 g/mol. The number of halogens is 1. The SMILES string of the molecule is COc1cc(Br)ccc1-c1nc(C(N)CO)no1. The smallest absolute Gasteiger partial charge is 0.261 e. The Bertz CT molecular complexity index is 544. The lowest BCUT2D eigenvalue weighted by Crippen LogP contribution is -2.15. The molecule has 3 N–H and O–H groups in total. The Morgan fingerprint density at radius 2 is 2.33 bits per heavy atom. The lowest BCUT2D eigenvalue weighted by atomic mass is 10.2. The summed E-state index contributed by atoms with van der Waals surface area (Å²) in [6.07, 6.45) is 0. The van der Waals surface area contributed by atoms with E-state index in [0.717, 1.165) is 4.47 Å². The van der Waals surface area contributed by atoms with Crippen LogP contribution in [0.2, 0.25) is 0 Å². The number of nitrogens with two attached hydrogens (primary N) is 1. The van der Waals surface area contributed by atoms with Crippen LogP contribution in [0.25, 0.3) is 11.5 Å². The van der Waals surface area contributed by atoms with E-state index in [1.54, 1.807) is 19.2 Å². The molecule has 6 nitrogen and oxygen atoms in total. The first-order valence-electron chi connectivity index (χ1n) is 5.19. The first kappa shape index (κ1) is 13.0. The number of rotatable bonds is 4. The zero-order valence-corrected chi connectivity index (χ0v) is 11.2. The minimum atomic E-state index is -0.649. The number of hydrogen-bond donors (Lipinski definition) is 2. The van der Waals surface area contributed by atoms with Gasteiger partial charge in [0.05, 0.1) is 25.3 Å². The average molecular weight is 314 g/mol. The van der Waals surface area contributed by atoms with Gasteiger partial charge in [-0.25, -0.2) is 0 Å². The molecule has 0 saturated heterocycles. The van der Waals surface area contributed by atoms with Crippen molar-refractivity contribution in [1.29, 1.82) is 0 Å². The third kappa shape index (κ3) is 2.53. The molecule has 7 heteroatoms. The molecule has 0 fully saturated rings. The first-order chi connectivity index (χ1) is 8.65. The molecular formula is C11H12BrN3O3. The Balaban J connectivity index is 2.39. The monoisotopic (exact) mass is 313 g/mol. The van der Waals surface area contributed by atoms with Crippen molar-refractivity contribution in [1.82, 2.24) is 10.1 Å². The highest BCUT2D eigenvalue weighted by Gasteiger charge is 2.17. The zero-order valence-electron chi connectivity index (χ0n) is 9.63. The third-order valence-electron chi connectivity index (χ3n) is 2.36. The van der Waals surface area contributed by atoms with Crippen LogP contribution in [-0.2, 0) is 0 Å². The molecule has 1 aromatic carbocycles. The van der Waals surface area contributed by atoms with Crippen molar-refractivity contribution in [3.63, 3.8) is 0 Å². The van der Waals surface area contributed by atoms with Crippen LogP contribution >= 0.6 is 15.9 Å². The quantitative estimate of drug-likeness (QED) is 0.888. The number of hydrogen-bond acceptors (Lipinski definition) is 6. The number of aromatic nitrogens is 2. The summed E-state index contributed by atoms with van der Waals surface area (Å²) in [5.41, 5.74) is 6.28. The summed E-state index contributed by atoms with van der Waals surface area (Å²) in [5.74, 6) is 1.17. The standard InChI is InChI=1S/C11H12BrN3O3/c1-17-9-4-6(12)2-3-7(9)11-14-10(15-18-11)8(13)5-16/h2-4,8,16H,5,13H2,1H3. The van der Waals surface area contributed by atoms with Crippen molar-refractivity contribution in [3.05, 3.63) is 28.5 Å². The van der Waals surface area contributed by atoms with Gasteiger partial charge < -0.3 is 20.1 Å². The highest BCUT2D eigenvalue weighted by molar-refractivity contribution is 9.10. The van der Waals surface area contributed by atoms with Gasteiger partial charge in [-0.3, -0.25) is 0 Å². The van der Waals surface area contributed by atoms with Crippen LogP contribution in [0.1, 0.15) is 11.9 Å².